The van der Waals surface area contributed by atoms with Crippen LogP contribution in [0.1, 0.15) is 30.0 Å². The van der Waals surface area contributed by atoms with Crippen molar-refractivity contribution in [1.29, 1.82) is 0 Å². The number of alkyl carbamates (subject to hydrolysis) is 1. The lowest BCUT2D eigenvalue weighted by atomic mass is 10.0. The Balaban J connectivity index is 1.55. The minimum absolute atomic E-state index is 0.0920. The molecule has 2 bridgehead atoms. The number of ether oxygens (including phenoxy) is 1. The van der Waals surface area contributed by atoms with Gasteiger partial charge in [0.2, 0.25) is 5.91 Å². The molecule has 2 atom stereocenters. The van der Waals surface area contributed by atoms with Crippen LogP contribution in [0.15, 0.2) is 66.7 Å². The average molecular weight is 479 g/mol. The van der Waals surface area contributed by atoms with Crippen molar-refractivity contribution in [2.24, 2.45) is 0 Å². The number of carbonyl (C=O) groups is 3. The van der Waals surface area contributed by atoms with E-state index in [1.807, 2.05) is 71.6 Å². The maximum absolute atomic E-state index is 12.9. The molecule has 0 aliphatic carbocycles. The first-order valence-electron chi connectivity index (χ1n) is 11.8. The molecule has 9 nitrogen and oxygen atoms in total. The molecular formula is C26H30N4O5. The highest BCUT2D eigenvalue weighted by molar-refractivity contribution is 5.86. The molecule has 2 aromatic carbocycles. The third kappa shape index (κ3) is 6.32. The lowest BCUT2D eigenvalue weighted by Gasteiger charge is -2.41. The summed E-state index contributed by atoms with van der Waals surface area (Å²) in [6, 6.07) is 16.2. The summed E-state index contributed by atoms with van der Waals surface area (Å²) >= 11 is 0. The Bertz CT molecular complexity index is 1070. The van der Waals surface area contributed by atoms with E-state index in [1.54, 1.807) is 0 Å². The molecule has 0 spiro atoms. The lowest BCUT2D eigenvalue weighted by Crippen LogP contribution is -2.60. The Labute approximate surface area is 204 Å². The zero-order chi connectivity index (χ0) is 24.6. The second-order valence-corrected chi connectivity index (χ2v) is 8.58. The summed E-state index contributed by atoms with van der Waals surface area (Å²) in [7, 11) is 0. The largest absolute Gasteiger partial charge is 0.465 e. The number of nitrogens with zero attached hydrogens (tertiary/aromatic N) is 2. The Morgan fingerprint density at radius 3 is 2.71 bits per heavy atom. The molecule has 0 unspecified atom stereocenters. The van der Waals surface area contributed by atoms with Crippen LogP contribution >= 0.6 is 0 Å². The summed E-state index contributed by atoms with van der Waals surface area (Å²) in [4.78, 5) is 40.3. The summed E-state index contributed by atoms with van der Waals surface area (Å²) in [6.45, 7) is 1.41. The van der Waals surface area contributed by atoms with E-state index in [0.29, 0.717) is 32.5 Å². The Hall–Kier alpha value is -4.01. The van der Waals surface area contributed by atoms with E-state index in [2.05, 4.69) is 10.6 Å². The minimum atomic E-state index is -1.03. The van der Waals surface area contributed by atoms with Crippen molar-refractivity contribution in [3.8, 4) is 0 Å². The number of anilines is 1. The number of nitrogens with one attached hydrogen (secondary N) is 2. The number of rotatable bonds is 3. The quantitative estimate of drug-likeness (QED) is 0.584. The number of carbonyl (C=O) groups excluding carboxylic acids is 2. The Morgan fingerprint density at radius 1 is 1.09 bits per heavy atom. The number of amides is 3. The van der Waals surface area contributed by atoms with Crippen molar-refractivity contribution in [3.63, 3.8) is 0 Å². The fraction of sp³-hybridized carbons (Fsp3) is 0.346. The van der Waals surface area contributed by atoms with Crippen molar-refractivity contribution in [2.75, 3.05) is 31.1 Å². The maximum atomic E-state index is 12.9. The van der Waals surface area contributed by atoms with Gasteiger partial charge in [0.1, 0.15) is 12.6 Å². The second-order valence-electron chi connectivity index (χ2n) is 8.58. The summed E-state index contributed by atoms with van der Waals surface area (Å²) < 4.78 is 5.43. The van der Waals surface area contributed by atoms with Gasteiger partial charge in [-0.05, 0) is 36.1 Å². The molecule has 1 saturated heterocycles. The van der Waals surface area contributed by atoms with E-state index < -0.39 is 18.2 Å². The normalized spacial score (nSPS) is 21.3. The van der Waals surface area contributed by atoms with Gasteiger partial charge in [0.25, 0.3) is 0 Å². The van der Waals surface area contributed by atoms with Crippen molar-refractivity contribution < 1.29 is 24.2 Å². The van der Waals surface area contributed by atoms with Gasteiger partial charge in [-0.3, -0.25) is 4.79 Å². The van der Waals surface area contributed by atoms with Crippen LogP contribution in [0.3, 0.4) is 0 Å². The third-order valence-electron chi connectivity index (χ3n) is 6.21. The minimum Gasteiger partial charge on any atom is -0.465 e. The molecule has 1 fully saturated rings. The van der Waals surface area contributed by atoms with Gasteiger partial charge in [0, 0.05) is 25.3 Å². The van der Waals surface area contributed by atoms with Gasteiger partial charge >= 0.3 is 12.2 Å². The number of hydrogen-bond acceptors (Lipinski definition) is 5. The van der Waals surface area contributed by atoms with Crippen molar-refractivity contribution in [2.45, 2.75) is 31.5 Å². The van der Waals surface area contributed by atoms with Crippen molar-refractivity contribution in [1.82, 2.24) is 15.5 Å². The summed E-state index contributed by atoms with van der Waals surface area (Å²) in [5.74, 6) is -0.201. The van der Waals surface area contributed by atoms with Gasteiger partial charge in [-0.2, -0.15) is 0 Å². The van der Waals surface area contributed by atoms with Crippen LogP contribution in [0.2, 0.25) is 0 Å². The summed E-state index contributed by atoms with van der Waals surface area (Å²) in [5, 5.41) is 15.3. The molecule has 0 aromatic heterocycles. The highest BCUT2D eigenvalue weighted by Crippen LogP contribution is 2.27. The van der Waals surface area contributed by atoms with Gasteiger partial charge < -0.3 is 30.3 Å². The van der Waals surface area contributed by atoms with E-state index in [1.165, 1.54) is 4.90 Å². The van der Waals surface area contributed by atoms with Gasteiger partial charge in [0.15, 0.2) is 0 Å². The highest BCUT2D eigenvalue weighted by Gasteiger charge is 2.34. The van der Waals surface area contributed by atoms with Crippen LogP contribution < -0.4 is 15.5 Å². The molecule has 2 aromatic rings. The van der Waals surface area contributed by atoms with Crippen molar-refractivity contribution >= 4 is 23.8 Å². The van der Waals surface area contributed by atoms with E-state index in [4.69, 9.17) is 4.74 Å². The first-order chi connectivity index (χ1) is 17.0. The summed E-state index contributed by atoms with van der Waals surface area (Å²) in [6.07, 6.45) is 3.60. The molecule has 0 radical (unpaired) electrons. The number of fused-ring (bicyclic) bond motifs is 4. The number of benzene rings is 2. The lowest BCUT2D eigenvalue weighted by molar-refractivity contribution is -0.123. The average Bonchev–Trinajstić information content (AvgIpc) is 2.89. The van der Waals surface area contributed by atoms with Crippen LogP contribution in [0.4, 0.5) is 15.3 Å². The SMILES string of the molecule is O=C(N[C@H]1C/C=C/CCNC(=O)[C@@H]2CN(C(=O)O)CCN2c2cccc1c2)OCc1ccccc1. The number of hydrogen-bond donors (Lipinski definition) is 3. The smallest absolute Gasteiger partial charge is 0.407 e. The molecule has 9 heteroatoms. The molecular weight excluding hydrogens is 448 g/mol. The van der Waals surface area contributed by atoms with E-state index in [0.717, 1.165) is 16.8 Å². The molecule has 0 saturated carbocycles. The molecule has 4 rings (SSSR count). The van der Waals surface area contributed by atoms with Crippen LogP contribution in [-0.4, -0.2) is 60.3 Å². The molecule has 184 valence electrons. The van der Waals surface area contributed by atoms with Crippen LogP contribution in [0, 0.1) is 0 Å². The van der Waals surface area contributed by atoms with Gasteiger partial charge in [-0.15, -0.1) is 0 Å². The van der Waals surface area contributed by atoms with Crippen molar-refractivity contribution in [3.05, 3.63) is 77.9 Å². The predicted molar refractivity (Wildman–Crippen MR) is 131 cm³/mol. The third-order valence-corrected chi connectivity index (χ3v) is 6.21. The highest BCUT2D eigenvalue weighted by atomic mass is 16.5. The first-order valence-corrected chi connectivity index (χ1v) is 11.8. The standard InChI is InChI=1S/C26H30N4O5/c31-24-23-17-29(26(33)34)14-15-30(23)21-11-7-10-20(16-21)22(12-5-2-6-13-27-24)28-25(32)35-18-19-8-3-1-4-9-19/h1-5,7-11,16,22-23H,6,12-15,17-18H2,(H,27,31)(H,28,32)(H,33,34)/b5-2+/t22-,23-/m0/s1. The Kier molecular flexibility index (Phi) is 7.87. The summed E-state index contributed by atoms with van der Waals surface area (Å²) in [5.41, 5.74) is 2.59. The van der Waals surface area contributed by atoms with E-state index >= 15 is 0 Å². The molecule has 2 aliphatic rings. The van der Waals surface area contributed by atoms with E-state index in [9.17, 15) is 19.5 Å². The molecule has 2 aliphatic heterocycles. The first kappa shape index (κ1) is 24.1. The van der Waals surface area contributed by atoms with Gasteiger partial charge in [-0.1, -0.05) is 54.6 Å². The second kappa shape index (κ2) is 11.4. The Morgan fingerprint density at radius 2 is 1.91 bits per heavy atom. The molecule has 3 N–H and O–H groups in total. The zero-order valence-corrected chi connectivity index (χ0v) is 19.4. The van der Waals surface area contributed by atoms with Gasteiger partial charge in [-0.25, -0.2) is 9.59 Å². The van der Waals surface area contributed by atoms with Gasteiger partial charge in [0.05, 0.1) is 12.6 Å². The van der Waals surface area contributed by atoms with Crippen LogP contribution in [0.5, 0.6) is 0 Å². The zero-order valence-electron chi connectivity index (χ0n) is 19.4. The molecule has 3 amide bonds. The fourth-order valence-corrected chi connectivity index (χ4v) is 4.34. The van der Waals surface area contributed by atoms with Crippen LogP contribution in [-0.2, 0) is 16.1 Å². The molecule has 2 heterocycles. The number of piperazine rings is 1. The molecule has 35 heavy (non-hydrogen) atoms. The topological polar surface area (TPSA) is 111 Å². The predicted octanol–water partition coefficient (Wildman–Crippen LogP) is 3.29. The monoisotopic (exact) mass is 478 g/mol. The maximum Gasteiger partial charge on any atom is 0.407 e. The fourth-order valence-electron chi connectivity index (χ4n) is 4.34. The number of carboxylic acid groups (broad SMARTS) is 1. The van der Waals surface area contributed by atoms with E-state index in [-0.39, 0.29) is 25.1 Å². The van der Waals surface area contributed by atoms with Crippen LogP contribution in [0.25, 0.3) is 0 Å².